The highest BCUT2D eigenvalue weighted by atomic mass is 32.2. The first-order valence-electron chi connectivity index (χ1n) is 4.37. The van der Waals surface area contributed by atoms with Gasteiger partial charge in [0, 0.05) is 6.20 Å². The second kappa shape index (κ2) is 6.58. The van der Waals surface area contributed by atoms with Crippen LogP contribution in [0.25, 0.3) is 6.08 Å². The summed E-state index contributed by atoms with van der Waals surface area (Å²) in [4.78, 5) is 4.28. The number of hydrogen-bond acceptors (Lipinski definition) is 4. The quantitative estimate of drug-likeness (QED) is 0.634. The van der Waals surface area contributed by atoms with Gasteiger partial charge < -0.3 is 5.11 Å². The number of benzene rings is 1. The van der Waals surface area contributed by atoms with Crippen LogP contribution in [0.3, 0.4) is 0 Å². The first-order chi connectivity index (χ1) is 7.26. The smallest absolute Gasteiger partial charge is 0.129 e. The van der Waals surface area contributed by atoms with Crippen molar-refractivity contribution in [3.05, 3.63) is 36.0 Å². The molecule has 1 aromatic rings. The van der Waals surface area contributed by atoms with Crippen molar-refractivity contribution in [2.75, 3.05) is 12.5 Å². The molecule has 80 valence electrons. The molecule has 2 nitrogen and oxygen atoms in total. The lowest BCUT2D eigenvalue weighted by Crippen LogP contribution is -1.78. The molecule has 0 spiro atoms. The second-order valence-electron chi connectivity index (χ2n) is 2.71. The van der Waals surface area contributed by atoms with Gasteiger partial charge in [-0.3, -0.25) is 0 Å². The zero-order valence-electron chi connectivity index (χ0n) is 8.68. The van der Waals surface area contributed by atoms with Gasteiger partial charge in [0.15, 0.2) is 0 Å². The number of phenolic OH excluding ortho intramolecular Hbond substituents is 1. The minimum Gasteiger partial charge on any atom is -0.508 e. The molecule has 0 amide bonds. The number of aliphatic imine (C=N–C) groups is 1. The summed E-state index contributed by atoms with van der Waals surface area (Å²) >= 11 is 3.26. The molecule has 1 N–H and O–H groups in total. The van der Waals surface area contributed by atoms with Crippen molar-refractivity contribution in [1.29, 1.82) is 0 Å². The van der Waals surface area contributed by atoms with E-state index in [4.69, 9.17) is 5.11 Å². The van der Waals surface area contributed by atoms with Crippen LogP contribution in [0.2, 0.25) is 0 Å². The zero-order chi connectivity index (χ0) is 11.1. The van der Waals surface area contributed by atoms with E-state index in [1.807, 2.05) is 30.7 Å². The molecule has 0 bridgehead atoms. The van der Waals surface area contributed by atoms with Gasteiger partial charge >= 0.3 is 0 Å². The Morgan fingerprint density at radius 2 is 1.80 bits per heavy atom. The van der Waals surface area contributed by atoms with Crippen molar-refractivity contribution < 1.29 is 5.11 Å². The third-order valence-electron chi connectivity index (χ3n) is 1.69. The van der Waals surface area contributed by atoms with Crippen LogP contribution in [-0.2, 0) is 0 Å². The fourth-order valence-electron chi connectivity index (χ4n) is 0.958. The van der Waals surface area contributed by atoms with Gasteiger partial charge in [0.1, 0.15) is 10.1 Å². The fraction of sp³-hybridized carbons (Fsp3) is 0.182. The molecule has 0 aromatic heterocycles. The lowest BCUT2D eigenvalue weighted by Gasteiger charge is -1.94. The lowest BCUT2D eigenvalue weighted by molar-refractivity contribution is 0.475. The number of aromatic hydroxyl groups is 1. The summed E-state index contributed by atoms with van der Waals surface area (Å²) in [7, 11) is 0. The maximum atomic E-state index is 9.09. The number of hydrogen-bond donors (Lipinski definition) is 1. The number of rotatable bonds is 2. The molecule has 1 rings (SSSR count). The Kier molecular flexibility index (Phi) is 5.36. The molecule has 0 atom stereocenters. The van der Waals surface area contributed by atoms with Crippen LogP contribution in [-0.4, -0.2) is 22.0 Å². The summed E-state index contributed by atoms with van der Waals surface area (Å²) in [6.07, 6.45) is 7.69. The highest BCUT2D eigenvalue weighted by Gasteiger charge is 1.90. The highest BCUT2D eigenvalue weighted by molar-refractivity contribution is 8.38. The van der Waals surface area contributed by atoms with E-state index >= 15 is 0 Å². The molecule has 0 fully saturated rings. The van der Waals surface area contributed by atoms with Gasteiger partial charge in [-0.2, -0.15) is 0 Å². The van der Waals surface area contributed by atoms with Gasteiger partial charge in [-0.1, -0.05) is 12.1 Å². The topological polar surface area (TPSA) is 32.6 Å². The Hall–Kier alpha value is -0.870. The molecular weight excluding hydrogens is 226 g/mol. The molecule has 4 heteroatoms. The summed E-state index contributed by atoms with van der Waals surface area (Å²) < 4.78 is 1.03. The molecule has 0 saturated heterocycles. The van der Waals surface area contributed by atoms with Crippen molar-refractivity contribution in [3.63, 3.8) is 0 Å². The van der Waals surface area contributed by atoms with Crippen molar-refractivity contribution in [3.8, 4) is 5.75 Å². The predicted molar refractivity (Wildman–Crippen MR) is 71.6 cm³/mol. The van der Waals surface area contributed by atoms with Crippen molar-refractivity contribution in [2.45, 2.75) is 0 Å². The van der Waals surface area contributed by atoms with E-state index in [0.717, 1.165) is 9.94 Å². The molecule has 15 heavy (non-hydrogen) atoms. The Balaban J connectivity index is 2.65. The Morgan fingerprint density at radius 1 is 1.20 bits per heavy atom. The van der Waals surface area contributed by atoms with Crippen molar-refractivity contribution >= 4 is 34.0 Å². The Morgan fingerprint density at radius 3 is 2.33 bits per heavy atom. The molecule has 1 aromatic carbocycles. The SMILES string of the molecule is CSC(=N/C=C\c1ccc(O)cc1)SC. The first-order valence-corrected chi connectivity index (χ1v) is 6.82. The largest absolute Gasteiger partial charge is 0.508 e. The summed E-state index contributed by atoms with van der Waals surface area (Å²) in [6, 6.07) is 7.01. The first kappa shape index (κ1) is 12.2. The van der Waals surface area contributed by atoms with Gasteiger partial charge in [-0.25, -0.2) is 4.99 Å². The van der Waals surface area contributed by atoms with Gasteiger partial charge in [0.2, 0.25) is 0 Å². The molecule has 0 heterocycles. The maximum Gasteiger partial charge on any atom is 0.129 e. The van der Waals surface area contributed by atoms with Crippen LogP contribution in [0.15, 0.2) is 35.5 Å². The molecule has 0 aliphatic heterocycles. The average Bonchev–Trinajstić information content (AvgIpc) is 2.27. The minimum absolute atomic E-state index is 0.282. The molecule has 0 aliphatic rings. The number of nitrogens with zero attached hydrogens (tertiary/aromatic N) is 1. The standard InChI is InChI=1S/C11H13NOS2/c1-14-11(15-2)12-8-7-9-3-5-10(13)6-4-9/h3-8,13H,1-2H3/b8-7-. The van der Waals surface area contributed by atoms with E-state index in [2.05, 4.69) is 4.99 Å². The molecule has 0 radical (unpaired) electrons. The molecule has 0 unspecified atom stereocenters. The third-order valence-corrected chi connectivity index (χ3v) is 3.60. The minimum atomic E-state index is 0.282. The van der Waals surface area contributed by atoms with Gasteiger partial charge in [0.25, 0.3) is 0 Å². The van der Waals surface area contributed by atoms with Crippen molar-refractivity contribution in [1.82, 2.24) is 0 Å². The van der Waals surface area contributed by atoms with Crippen LogP contribution < -0.4 is 0 Å². The normalized spacial score (nSPS) is 10.5. The third kappa shape index (κ3) is 4.44. The van der Waals surface area contributed by atoms with Crippen LogP contribution in [0.5, 0.6) is 5.75 Å². The summed E-state index contributed by atoms with van der Waals surface area (Å²) in [6.45, 7) is 0. The summed E-state index contributed by atoms with van der Waals surface area (Å²) in [5.41, 5.74) is 1.03. The van der Waals surface area contributed by atoms with E-state index in [9.17, 15) is 0 Å². The van der Waals surface area contributed by atoms with E-state index in [-0.39, 0.29) is 5.75 Å². The average molecular weight is 239 g/mol. The van der Waals surface area contributed by atoms with E-state index < -0.39 is 0 Å². The van der Waals surface area contributed by atoms with Crippen LogP contribution in [0, 0.1) is 0 Å². The van der Waals surface area contributed by atoms with Crippen LogP contribution in [0.1, 0.15) is 5.56 Å². The highest BCUT2D eigenvalue weighted by Crippen LogP contribution is 2.13. The van der Waals surface area contributed by atoms with Gasteiger partial charge in [-0.15, -0.1) is 23.5 Å². The van der Waals surface area contributed by atoms with Gasteiger partial charge in [-0.05, 0) is 36.3 Å². The number of thioether (sulfide) groups is 2. The van der Waals surface area contributed by atoms with E-state index in [1.165, 1.54) is 0 Å². The van der Waals surface area contributed by atoms with E-state index in [1.54, 1.807) is 41.9 Å². The molecule has 0 aliphatic carbocycles. The predicted octanol–water partition coefficient (Wildman–Crippen LogP) is 3.44. The van der Waals surface area contributed by atoms with E-state index in [0.29, 0.717) is 0 Å². The fourth-order valence-corrected chi connectivity index (χ4v) is 1.96. The monoisotopic (exact) mass is 239 g/mol. The molecule has 0 saturated carbocycles. The lowest BCUT2D eigenvalue weighted by atomic mass is 10.2. The molecular formula is C11H13NOS2. The van der Waals surface area contributed by atoms with Crippen molar-refractivity contribution in [2.24, 2.45) is 4.99 Å². The Labute approximate surface area is 98.5 Å². The van der Waals surface area contributed by atoms with Crippen LogP contribution in [0.4, 0.5) is 0 Å². The zero-order valence-corrected chi connectivity index (χ0v) is 10.3. The summed E-state index contributed by atoms with van der Waals surface area (Å²) in [5.74, 6) is 0.282. The Bertz CT molecular complexity index is 351. The van der Waals surface area contributed by atoms with Gasteiger partial charge in [0.05, 0.1) is 0 Å². The van der Waals surface area contributed by atoms with Crippen LogP contribution >= 0.6 is 23.5 Å². The summed E-state index contributed by atoms with van der Waals surface area (Å²) in [5, 5.41) is 9.09. The number of phenols is 1. The second-order valence-corrected chi connectivity index (χ2v) is 4.56. The maximum absolute atomic E-state index is 9.09.